The van der Waals surface area contributed by atoms with Crippen LogP contribution >= 0.6 is 0 Å². The van der Waals surface area contributed by atoms with Gasteiger partial charge < -0.3 is 0 Å². The Labute approximate surface area is 169 Å². The van der Waals surface area contributed by atoms with Crippen molar-refractivity contribution in [2.24, 2.45) is 0 Å². The number of H-pyrrole nitrogens is 1. The predicted octanol–water partition coefficient (Wildman–Crippen LogP) is 7.00. The van der Waals surface area contributed by atoms with Crippen molar-refractivity contribution < 1.29 is 4.98 Å². The zero-order valence-electron chi connectivity index (χ0n) is 16.1. The molecule has 0 unspecified atom stereocenters. The number of nitrogens with zero attached hydrogens (tertiary/aromatic N) is 1. The first-order valence-corrected chi connectivity index (χ1v) is 9.66. The lowest BCUT2D eigenvalue weighted by molar-refractivity contribution is -0.362. The summed E-state index contributed by atoms with van der Waals surface area (Å²) in [6, 6.07) is 29.4. The number of benzene rings is 4. The van der Waals surface area contributed by atoms with Crippen LogP contribution in [0.3, 0.4) is 0 Å². The van der Waals surface area contributed by atoms with Gasteiger partial charge in [0.05, 0.1) is 12.0 Å². The average molecular weight is 371 g/mol. The molecule has 0 aliphatic heterocycles. The fourth-order valence-corrected chi connectivity index (χ4v) is 4.10. The Hall–Kier alpha value is -3.96. The van der Waals surface area contributed by atoms with E-state index in [2.05, 4.69) is 83.5 Å². The number of fused-ring (bicyclic) bond motifs is 3. The number of hydrogen-bond donors (Lipinski definition) is 0. The smallest absolute Gasteiger partial charge is 0.218 e. The van der Waals surface area contributed by atoms with Crippen LogP contribution in [-0.4, -0.2) is 0 Å². The van der Waals surface area contributed by atoms with E-state index in [4.69, 9.17) is 6.57 Å². The lowest BCUT2D eigenvalue weighted by Crippen LogP contribution is -2.06. The van der Waals surface area contributed by atoms with Gasteiger partial charge in [-0.25, -0.2) is 9.83 Å². The van der Waals surface area contributed by atoms with Gasteiger partial charge in [0.15, 0.2) is 11.9 Å². The van der Waals surface area contributed by atoms with Crippen molar-refractivity contribution in [3.8, 4) is 22.4 Å². The molecule has 5 rings (SSSR count). The summed E-state index contributed by atoms with van der Waals surface area (Å²) in [6.07, 6.45) is 2.02. The maximum atomic E-state index is 7.26. The van der Waals surface area contributed by atoms with Gasteiger partial charge in [0.1, 0.15) is 0 Å². The van der Waals surface area contributed by atoms with E-state index in [1.54, 1.807) is 0 Å². The third kappa shape index (κ3) is 2.94. The van der Waals surface area contributed by atoms with E-state index in [9.17, 15) is 0 Å². The monoisotopic (exact) mass is 371 g/mol. The Balaban J connectivity index is 1.67. The van der Waals surface area contributed by atoms with Gasteiger partial charge in [0, 0.05) is 17.0 Å². The van der Waals surface area contributed by atoms with Crippen LogP contribution < -0.4 is 4.98 Å². The van der Waals surface area contributed by atoms with Crippen LogP contribution in [0.1, 0.15) is 5.56 Å². The summed E-state index contributed by atoms with van der Waals surface area (Å²) in [4.78, 5) is 7.01. The molecule has 136 valence electrons. The standard InChI is InChI=1S/C27H18N2/c1-18-16-21(11-12-23(18)20-7-5-8-22(17-20)28-2)27-26-13-10-19-6-3-4-9-24(19)25(26)14-15-29-27/h3-17H,1H3/p+1. The molecule has 0 aliphatic rings. The highest BCUT2D eigenvalue weighted by molar-refractivity contribution is 6.10. The van der Waals surface area contributed by atoms with Crippen LogP contribution in [0.4, 0.5) is 5.69 Å². The Morgan fingerprint density at radius 2 is 1.62 bits per heavy atom. The van der Waals surface area contributed by atoms with Crippen LogP contribution in [0.15, 0.2) is 91.1 Å². The van der Waals surface area contributed by atoms with Crippen molar-refractivity contribution in [2.45, 2.75) is 6.92 Å². The molecule has 4 aromatic carbocycles. The Morgan fingerprint density at radius 3 is 2.48 bits per heavy atom. The zero-order chi connectivity index (χ0) is 19.8. The molecule has 2 heteroatoms. The van der Waals surface area contributed by atoms with Crippen LogP contribution in [0.5, 0.6) is 0 Å². The lowest BCUT2D eigenvalue weighted by Gasteiger charge is -2.09. The van der Waals surface area contributed by atoms with Gasteiger partial charge in [0.2, 0.25) is 5.69 Å². The predicted molar refractivity (Wildman–Crippen MR) is 120 cm³/mol. The van der Waals surface area contributed by atoms with Crippen LogP contribution in [0.2, 0.25) is 0 Å². The average Bonchev–Trinajstić information content (AvgIpc) is 2.78. The van der Waals surface area contributed by atoms with Crippen LogP contribution in [0.25, 0.3) is 48.8 Å². The number of aryl methyl sites for hydroxylation is 1. The van der Waals surface area contributed by atoms with E-state index < -0.39 is 0 Å². The second-order valence-corrected chi connectivity index (χ2v) is 7.29. The topological polar surface area (TPSA) is 18.5 Å². The minimum absolute atomic E-state index is 0.667. The molecule has 1 heterocycles. The van der Waals surface area contributed by atoms with E-state index in [1.807, 2.05) is 24.4 Å². The maximum Gasteiger partial charge on any atom is 0.218 e. The Bertz CT molecular complexity index is 1420. The first-order chi connectivity index (χ1) is 14.2. The largest absolute Gasteiger partial charge is 0.238 e. The van der Waals surface area contributed by atoms with Crippen molar-refractivity contribution in [3.63, 3.8) is 0 Å². The summed E-state index contributed by atoms with van der Waals surface area (Å²) in [5.74, 6) is 0. The highest BCUT2D eigenvalue weighted by Gasteiger charge is 2.14. The molecule has 0 radical (unpaired) electrons. The molecule has 5 aromatic rings. The number of aromatic amines is 1. The summed E-state index contributed by atoms with van der Waals surface area (Å²) in [7, 11) is 0. The maximum absolute atomic E-state index is 7.26. The SMILES string of the molecule is [C-]#[N+]c1cccc(-c2ccc(-c3[nH+]ccc4c3ccc3ccccc34)cc2C)c1. The summed E-state index contributed by atoms with van der Waals surface area (Å²) in [5.41, 5.74) is 6.38. The van der Waals surface area contributed by atoms with Gasteiger partial charge in [-0.1, -0.05) is 54.6 Å². The van der Waals surface area contributed by atoms with Crippen molar-refractivity contribution in [2.75, 3.05) is 0 Å². The number of aromatic nitrogens is 1. The Kier molecular flexibility index (Phi) is 4.08. The highest BCUT2D eigenvalue weighted by Crippen LogP contribution is 2.33. The van der Waals surface area contributed by atoms with Gasteiger partial charge in [-0.3, -0.25) is 0 Å². The third-order valence-electron chi connectivity index (χ3n) is 5.52. The molecule has 0 atom stereocenters. The minimum atomic E-state index is 0.667. The van der Waals surface area contributed by atoms with Gasteiger partial charge in [-0.15, -0.1) is 0 Å². The second-order valence-electron chi connectivity index (χ2n) is 7.29. The number of nitrogens with one attached hydrogen (secondary N) is 1. The van der Waals surface area contributed by atoms with E-state index in [0.29, 0.717) is 5.69 Å². The number of hydrogen-bond acceptors (Lipinski definition) is 0. The van der Waals surface area contributed by atoms with E-state index in [-0.39, 0.29) is 0 Å². The van der Waals surface area contributed by atoms with Crippen molar-refractivity contribution in [1.29, 1.82) is 0 Å². The van der Waals surface area contributed by atoms with Crippen molar-refractivity contribution in [3.05, 3.63) is 108 Å². The summed E-state index contributed by atoms with van der Waals surface area (Å²) in [5, 5.41) is 4.99. The molecular formula is C27H19N2+. The number of pyridine rings is 1. The molecule has 0 aliphatic carbocycles. The normalized spacial score (nSPS) is 10.9. The molecular weight excluding hydrogens is 352 g/mol. The summed E-state index contributed by atoms with van der Waals surface area (Å²) < 4.78 is 0. The molecule has 29 heavy (non-hydrogen) atoms. The Morgan fingerprint density at radius 1 is 0.724 bits per heavy atom. The molecule has 0 amide bonds. The molecule has 1 N–H and O–H groups in total. The van der Waals surface area contributed by atoms with E-state index in [0.717, 1.165) is 22.4 Å². The lowest BCUT2D eigenvalue weighted by atomic mass is 9.94. The summed E-state index contributed by atoms with van der Waals surface area (Å²) in [6.45, 7) is 9.39. The quantitative estimate of drug-likeness (QED) is 0.235. The highest BCUT2D eigenvalue weighted by atomic mass is 14.7. The minimum Gasteiger partial charge on any atom is -0.238 e. The zero-order valence-corrected chi connectivity index (χ0v) is 16.1. The fraction of sp³-hybridized carbons (Fsp3) is 0.0370. The van der Waals surface area contributed by atoms with Gasteiger partial charge in [0.25, 0.3) is 0 Å². The second kappa shape index (κ2) is 6.89. The molecule has 0 saturated carbocycles. The van der Waals surface area contributed by atoms with Crippen LogP contribution in [-0.2, 0) is 0 Å². The van der Waals surface area contributed by atoms with Gasteiger partial charge >= 0.3 is 0 Å². The summed E-state index contributed by atoms with van der Waals surface area (Å²) >= 11 is 0. The van der Waals surface area contributed by atoms with Crippen molar-refractivity contribution in [1.82, 2.24) is 0 Å². The van der Waals surface area contributed by atoms with Crippen LogP contribution in [0, 0.1) is 13.5 Å². The first-order valence-electron chi connectivity index (χ1n) is 9.66. The molecule has 0 saturated heterocycles. The molecule has 2 nitrogen and oxygen atoms in total. The molecule has 0 spiro atoms. The van der Waals surface area contributed by atoms with E-state index in [1.165, 1.54) is 27.1 Å². The fourth-order valence-electron chi connectivity index (χ4n) is 4.10. The first kappa shape index (κ1) is 17.2. The molecule has 0 bridgehead atoms. The van der Waals surface area contributed by atoms with E-state index >= 15 is 0 Å². The molecule has 1 aromatic heterocycles. The van der Waals surface area contributed by atoms with Gasteiger partial charge in [-0.2, -0.15) is 0 Å². The van der Waals surface area contributed by atoms with Crippen molar-refractivity contribution >= 4 is 27.2 Å². The number of rotatable bonds is 2. The van der Waals surface area contributed by atoms with Gasteiger partial charge in [-0.05, 0) is 58.7 Å². The molecule has 0 fully saturated rings. The third-order valence-corrected chi connectivity index (χ3v) is 5.52.